The van der Waals surface area contributed by atoms with E-state index in [4.69, 9.17) is 5.11 Å². The molecule has 66 valence electrons. The molecule has 0 aliphatic carbocycles. The lowest BCUT2D eigenvalue weighted by Crippen LogP contribution is -2.36. The van der Waals surface area contributed by atoms with Crippen LogP contribution in [0.5, 0.6) is 0 Å². The minimum Gasteiger partial charge on any atom is -0.389 e. The molecule has 0 aliphatic heterocycles. The van der Waals surface area contributed by atoms with Crippen LogP contribution < -0.4 is 5.32 Å². The zero-order valence-electron chi connectivity index (χ0n) is 7.42. The Kier molecular flexibility index (Phi) is 5.07. The van der Waals surface area contributed by atoms with Crippen molar-refractivity contribution in [1.29, 1.82) is 0 Å². The first-order chi connectivity index (χ1) is 5.11. The van der Waals surface area contributed by atoms with Crippen molar-refractivity contribution in [3.05, 3.63) is 0 Å². The number of nitrogens with one attached hydrogen (secondary N) is 1. The van der Waals surface area contributed by atoms with Gasteiger partial charge in [-0.25, -0.2) is 0 Å². The van der Waals surface area contributed by atoms with Crippen LogP contribution in [0.4, 0.5) is 0 Å². The molecule has 3 heteroatoms. The van der Waals surface area contributed by atoms with Crippen molar-refractivity contribution in [1.82, 2.24) is 5.32 Å². The highest BCUT2D eigenvalue weighted by atomic mass is 16.3. The summed E-state index contributed by atoms with van der Waals surface area (Å²) in [5, 5.41) is 11.4. The third-order valence-electron chi connectivity index (χ3n) is 1.60. The molecule has 2 N–H and O–H groups in total. The van der Waals surface area contributed by atoms with Gasteiger partial charge < -0.3 is 10.4 Å². The molecule has 0 aromatic rings. The summed E-state index contributed by atoms with van der Waals surface area (Å²) in [6, 6.07) is -0.181. The Hall–Kier alpha value is -0.410. The maximum atomic E-state index is 11.0. The van der Waals surface area contributed by atoms with Gasteiger partial charge in [0.15, 0.2) is 5.78 Å². The number of likely N-dealkylation sites (N-methyl/N-ethyl adjacent to an activating group) is 1. The third-order valence-corrected chi connectivity index (χ3v) is 1.60. The summed E-state index contributed by atoms with van der Waals surface area (Å²) in [7, 11) is 1.74. The predicted octanol–water partition coefficient (Wildman–Crippen LogP) is 0.182. The smallest absolute Gasteiger partial charge is 0.174 e. The molecule has 0 saturated carbocycles. The second-order valence-electron chi connectivity index (χ2n) is 3.10. The van der Waals surface area contributed by atoms with Crippen LogP contribution in [0.2, 0.25) is 0 Å². The summed E-state index contributed by atoms with van der Waals surface area (Å²) >= 11 is 0. The minimum absolute atomic E-state index is 0.124. The third kappa shape index (κ3) is 4.11. The largest absolute Gasteiger partial charge is 0.389 e. The lowest BCUT2D eigenvalue weighted by molar-refractivity contribution is -0.124. The van der Waals surface area contributed by atoms with E-state index in [0.29, 0.717) is 5.92 Å². The highest BCUT2D eigenvalue weighted by molar-refractivity contribution is 5.84. The molecule has 0 aliphatic rings. The number of carbonyl (C=O) groups is 1. The number of aliphatic hydroxyl groups is 1. The highest BCUT2D eigenvalue weighted by Gasteiger charge is 2.15. The first kappa shape index (κ1) is 10.6. The average molecular weight is 159 g/mol. The predicted molar refractivity (Wildman–Crippen MR) is 44.4 cm³/mol. The summed E-state index contributed by atoms with van der Waals surface area (Å²) in [6.45, 7) is 3.74. The number of carbonyl (C=O) groups excluding carboxylic acids is 1. The second kappa shape index (κ2) is 5.27. The Morgan fingerprint density at radius 3 is 2.36 bits per heavy atom. The number of aliphatic hydroxyl groups excluding tert-OH is 1. The Balaban J connectivity index is 3.84. The minimum atomic E-state index is -0.363. The molecular formula is C8H17NO2. The summed E-state index contributed by atoms with van der Waals surface area (Å²) in [5.74, 6) is 0.351. The first-order valence-corrected chi connectivity index (χ1v) is 3.92. The van der Waals surface area contributed by atoms with Crippen LogP contribution >= 0.6 is 0 Å². The Morgan fingerprint density at radius 1 is 1.55 bits per heavy atom. The fourth-order valence-corrected chi connectivity index (χ4v) is 0.992. The molecule has 1 unspecified atom stereocenters. The highest BCUT2D eigenvalue weighted by Crippen LogP contribution is 2.04. The molecular weight excluding hydrogens is 142 g/mol. The lowest BCUT2D eigenvalue weighted by Gasteiger charge is -2.15. The average Bonchev–Trinajstić information content (AvgIpc) is 1.98. The van der Waals surface area contributed by atoms with Gasteiger partial charge >= 0.3 is 0 Å². The Labute approximate surface area is 67.8 Å². The maximum Gasteiger partial charge on any atom is 0.174 e. The van der Waals surface area contributed by atoms with E-state index in [2.05, 4.69) is 19.2 Å². The van der Waals surface area contributed by atoms with Crippen LogP contribution in [0.25, 0.3) is 0 Å². The van der Waals surface area contributed by atoms with E-state index in [1.54, 1.807) is 7.05 Å². The summed E-state index contributed by atoms with van der Waals surface area (Å²) < 4.78 is 0. The molecule has 0 aromatic heterocycles. The van der Waals surface area contributed by atoms with Gasteiger partial charge in [-0.3, -0.25) is 4.79 Å². The molecule has 11 heavy (non-hydrogen) atoms. The zero-order valence-corrected chi connectivity index (χ0v) is 7.42. The van der Waals surface area contributed by atoms with Crippen molar-refractivity contribution in [3.8, 4) is 0 Å². The van der Waals surface area contributed by atoms with Crippen LogP contribution in [0.15, 0.2) is 0 Å². The van der Waals surface area contributed by atoms with Crippen molar-refractivity contribution in [2.24, 2.45) is 5.92 Å². The van der Waals surface area contributed by atoms with Gasteiger partial charge in [-0.1, -0.05) is 13.8 Å². The quantitative estimate of drug-likeness (QED) is 0.601. The molecule has 0 saturated heterocycles. The fraction of sp³-hybridized carbons (Fsp3) is 0.875. The molecule has 3 nitrogen and oxygen atoms in total. The molecule has 1 atom stereocenters. The van der Waals surface area contributed by atoms with Crippen molar-refractivity contribution < 1.29 is 9.90 Å². The van der Waals surface area contributed by atoms with Gasteiger partial charge in [-0.05, 0) is 19.4 Å². The van der Waals surface area contributed by atoms with E-state index in [1.807, 2.05) is 0 Å². The van der Waals surface area contributed by atoms with Crippen molar-refractivity contribution in [2.75, 3.05) is 13.7 Å². The number of hydrogen-bond acceptors (Lipinski definition) is 3. The van der Waals surface area contributed by atoms with Gasteiger partial charge in [-0.2, -0.15) is 0 Å². The van der Waals surface area contributed by atoms with E-state index in [-0.39, 0.29) is 18.4 Å². The van der Waals surface area contributed by atoms with E-state index in [9.17, 15) is 4.79 Å². The molecule has 0 aromatic carbocycles. The normalized spacial score (nSPS) is 13.5. The van der Waals surface area contributed by atoms with E-state index >= 15 is 0 Å². The first-order valence-electron chi connectivity index (χ1n) is 3.92. The number of Topliss-reactive ketones (excluding diaryl/α,β-unsaturated/α-hetero) is 1. The Bertz CT molecular complexity index is 123. The van der Waals surface area contributed by atoms with E-state index in [0.717, 1.165) is 6.42 Å². The van der Waals surface area contributed by atoms with Crippen LogP contribution in [-0.2, 0) is 4.79 Å². The van der Waals surface area contributed by atoms with Gasteiger partial charge in [0, 0.05) is 0 Å². The zero-order chi connectivity index (χ0) is 8.85. The van der Waals surface area contributed by atoms with E-state index < -0.39 is 0 Å². The molecule has 0 heterocycles. The molecule has 0 radical (unpaired) electrons. The van der Waals surface area contributed by atoms with Gasteiger partial charge in [0.1, 0.15) is 6.61 Å². The summed E-state index contributed by atoms with van der Waals surface area (Å²) in [4.78, 5) is 11.0. The fourth-order valence-electron chi connectivity index (χ4n) is 0.992. The molecule has 0 amide bonds. The standard InChI is InChI=1S/C8H17NO2/c1-6(2)4-7(9-3)8(11)5-10/h6-7,9-10H,4-5H2,1-3H3. The topological polar surface area (TPSA) is 49.3 Å². The van der Waals surface area contributed by atoms with Crippen molar-refractivity contribution in [2.45, 2.75) is 26.3 Å². The van der Waals surface area contributed by atoms with Crippen LogP contribution in [-0.4, -0.2) is 30.6 Å². The SMILES string of the molecule is CNC(CC(C)C)C(=O)CO. The van der Waals surface area contributed by atoms with E-state index in [1.165, 1.54) is 0 Å². The molecule has 0 spiro atoms. The number of hydrogen-bond donors (Lipinski definition) is 2. The second-order valence-corrected chi connectivity index (χ2v) is 3.10. The van der Waals surface area contributed by atoms with Crippen LogP contribution in [0.3, 0.4) is 0 Å². The number of rotatable bonds is 5. The summed E-state index contributed by atoms with van der Waals surface area (Å²) in [5.41, 5.74) is 0. The van der Waals surface area contributed by atoms with Gasteiger partial charge in [0.2, 0.25) is 0 Å². The lowest BCUT2D eigenvalue weighted by atomic mass is 10.0. The van der Waals surface area contributed by atoms with Crippen LogP contribution in [0.1, 0.15) is 20.3 Å². The number of ketones is 1. The monoisotopic (exact) mass is 159 g/mol. The summed E-state index contributed by atoms with van der Waals surface area (Å²) in [6.07, 6.45) is 0.788. The molecule has 0 rings (SSSR count). The van der Waals surface area contributed by atoms with Gasteiger partial charge in [0.05, 0.1) is 6.04 Å². The maximum absolute atomic E-state index is 11.0. The van der Waals surface area contributed by atoms with Gasteiger partial charge in [-0.15, -0.1) is 0 Å². The molecule has 0 bridgehead atoms. The van der Waals surface area contributed by atoms with Crippen molar-refractivity contribution >= 4 is 5.78 Å². The van der Waals surface area contributed by atoms with Crippen molar-refractivity contribution in [3.63, 3.8) is 0 Å². The van der Waals surface area contributed by atoms with Gasteiger partial charge in [0.25, 0.3) is 0 Å². The Morgan fingerprint density at radius 2 is 2.09 bits per heavy atom. The molecule has 0 fully saturated rings. The van der Waals surface area contributed by atoms with Crippen LogP contribution in [0, 0.1) is 5.92 Å².